The van der Waals surface area contributed by atoms with Gasteiger partial charge in [-0.3, -0.25) is 4.79 Å². The highest BCUT2D eigenvalue weighted by molar-refractivity contribution is 7.90. The first kappa shape index (κ1) is 17.9. The Morgan fingerprint density at radius 3 is 2.50 bits per heavy atom. The van der Waals surface area contributed by atoms with E-state index in [0.717, 1.165) is 11.8 Å². The van der Waals surface area contributed by atoms with Crippen LogP contribution >= 0.6 is 0 Å². The number of nitrogens with zero attached hydrogens (tertiary/aromatic N) is 1. The predicted molar refractivity (Wildman–Crippen MR) is 100 cm³/mol. The lowest BCUT2D eigenvalue weighted by Gasteiger charge is -2.14. The van der Waals surface area contributed by atoms with Crippen LogP contribution in [-0.4, -0.2) is 25.6 Å². The van der Waals surface area contributed by atoms with Gasteiger partial charge < -0.3 is 10.1 Å². The number of carbonyl (C=O) groups is 1. The van der Waals surface area contributed by atoms with Crippen LogP contribution in [-0.2, 0) is 14.6 Å². The third kappa shape index (κ3) is 3.83. The number of para-hydroxylation sites is 1. The van der Waals surface area contributed by atoms with E-state index in [4.69, 9.17) is 4.74 Å². The summed E-state index contributed by atoms with van der Waals surface area (Å²) in [5.74, 6) is 0.546. The number of benzene rings is 2. The van der Waals surface area contributed by atoms with Gasteiger partial charge in [-0.1, -0.05) is 18.2 Å². The fourth-order valence-electron chi connectivity index (χ4n) is 2.53. The predicted octanol–water partition coefficient (Wildman–Crippen LogP) is 3.70. The Labute approximate surface area is 151 Å². The van der Waals surface area contributed by atoms with E-state index in [1.165, 1.54) is 13.0 Å². The highest BCUT2D eigenvalue weighted by Gasteiger charge is 2.16. The molecular weight excluding hydrogens is 352 g/mol. The summed E-state index contributed by atoms with van der Waals surface area (Å²) in [6.07, 6.45) is 1.10. The summed E-state index contributed by atoms with van der Waals surface area (Å²) in [5.41, 5.74) is 1.98. The molecule has 0 aliphatic heterocycles. The van der Waals surface area contributed by atoms with Crippen molar-refractivity contribution >= 4 is 32.3 Å². The Hall–Kier alpha value is -2.93. The van der Waals surface area contributed by atoms with Crippen LogP contribution in [0.2, 0.25) is 0 Å². The van der Waals surface area contributed by atoms with Gasteiger partial charge in [-0.15, -0.1) is 0 Å². The number of fused-ring (bicyclic) bond motifs is 1. The fourth-order valence-corrected chi connectivity index (χ4v) is 3.12. The van der Waals surface area contributed by atoms with E-state index in [2.05, 4.69) is 10.3 Å². The van der Waals surface area contributed by atoms with Crippen molar-refractivity contribution < 1.29 is 17.9 Å². The molecule has 0 unspecified atom stereocenters. The highest BCUT2D eigenvalue weighted by atomic mass is 32.2. The van der Waals surface area contributed by atoms with E-state index in [-0.39, 0.29) is 10.9 Å². The van der Waals surface area contributed by atoms with Gasteiger partial charge in [-0.25, -0.2) is 13.4 Å². The van der Waals surface area contributed by atoms with Crippen LogP contribution in [0.3, 0.4) is 0 Å². The summed E-state index contributed by atoms with van der Waals surface area (Å²) in [6.45, 7) is 3.31. The van der Waals surface area contributed by atoms with Gasteiger partial charge in [-0.05, 0) is 36.8 Å². The van der Waals surface area contributed by atoms with E-state index in [1.807, 2.05) is 19.1 Å². The number of hydrogen-bond donors (Lipinski definition) is 1. The van der Waals surface area contributed by atoms with E-state index in [9.17, 15) is 13.2 Å². The van der Waals surface area contributed by atoms with Crippen molar-refractivity contribution in [1.82, 2.24) is 4.98 Å². The zero-order valence-corrected chi connectivity index (χ0v) is 15.4. The molecule has 2 aromatic carbocycles. The molecule has 0 bridgehead atoms. The normalized spacial score (nSPS) is 11.3. The zero-order chi connectivity index (χ0) is 18.9. The van der Waals surface area contributed by atoms with Gasteiger partial charge in [0.2, 0.25) is 5.91 Å². The van der Waals surface area contributed by atoms with Crippen LogP contribution in [0.15, 0.2) is 53.6 Å². The summed E-state index contributed by atoms with van der Waals surface area (Å²) in [4.78, 5) is 15.7. The lowest BCUT2D eigenvalue weighted by Crippen LogP contribution is -2.07. The molecule has 3 aromatic rings. The van der Waals surface area contributed by atoms with Crippen LogP contribution in [0.5, 0.6) is 11.5 Å². The van der Waals surface area contributed by atoms with Crippen molar-refractivity contribution in [1.29, 1.82) is 0 Å². The molecular formula is C19H18N2O4S. The minimum atomic E-state index is -3.51. The second kappa shape index (κ2) is 6.76. The Morgan fingerprint density at radius 1 is 1.08 bits per heavy atom. The van der Waals surface area contributed by atoms with Gasteiger partial charge in [-0.2, -0.15) is 0 Å². The molecule has 0 aliphatic carbocycles. The Kier molecular flexibility index (Phi) is 4.65. The molecule has 0 spiro atoms. The van der Waals surface area contributed by atoms with Crippen LogP contribution < -0.4 is 10.1 Å². The number of amides is 1. The average molecular weight is 370 g/mol. The molecule has 134 valence electrons. The smallest absolute Gasteiger partial charge is 0.221 e. The molecule has 3 rings (SSSR count). The molecule has 7 heteroatoms. The van der Waals surface area contributed by atoms with Gasteiger partial charge >= 0.3 is 0 Å². The topological polar surface area (TPSA) is 85.4 Å². The number of carbonyl (C=O) groups excluding carboxylic acids is 1. The maximum Gasteiger partial charge on any atom is 0.221 e. The number of aromatic nitrogens is 1. The fraction of sp³-hybridized carbons (Fsp3) is 0.158. The number of hydrogen-bond acceptors (Lipinski definition) is 5. The number of nitrogens with one attached hydrogen (secondary N) is 1. The number of pyridine rings is 1. The molecule has 0 saturated heterocycles. The number of ether oxygens (including phenoxy) is 1. The van der Waals surface area contributed by atoms with Crippen molar-refractivity contribution in [2.45, 2.75) is 18.9 Å². The monoisotopic (exact) mass is 370 g/mol. The molecule has 0 saturated carbocycles. The molecule has 1 heterocycles. The Morgan fingerprint density at radius 2 is 1.81 bits per heavy atom. The quantitative estimate of drug-likeness (QED) is 0.757. The van der Waals surface area contributed by atoms with E-state index >= 15 is 0 Å². The molecule has 26 heavy (non-hydrogen) atoms. The van der Waals surface area contributed by atoms with Crippen LogP contribution in [0.1, 0.15) is 12.5 Å². The minimum absolute atomic E-state index is 0.0700. The maximum atomic E-state index is 12.0. The Balaban J connectivity index is 2.16. The first-order valence-corrected chi connectivity index (χ1v) is 9.79. The van der Waals surface area contributed by atoms with Crippen LogP contribution in [0, 0.1) is 6.92 Å². The van der Waals surface area contributed by atoms with Crippen molar-refractivity contribution in [3.8, 4) is 11.5 Å². The number of anilines is 1. The third-order valence-corrected chi connectivity index (χ3v) is 4.67. The van der Waals surface area contributed by atoms with Gasteiger partial charge in [0.25, 0.3) is 0 Å². The SMILES string of the molecule is CC(=O)Nc1cc(C)ccc1Oc1cc(S(C)(=O)=O)nc2ccccc12. The molecule has 0 radical (unpaired) electrons. The van der Waals surface area contributed by atoms with E-state index in [1.54, 1.807) is 30.3 Å². The number of rotatable bonds is 4. The second-order valence-corrected chi connectivity index (χ2v) is 7.99. The van der Waals surface area contributed by atoms with Crippen molar-refractivity contribution in [2.75, 3.05) is 11.6 Å². The first-order chi connectivity index (χ1) is 12.2. The average Bonchev–Trinajstić information content (AvgIpc) is 2.55. The lowest BCUT2D eigenvalue weighted by atomic mass is 10.2. The van der Waals surface area contributed by atoms with Gasteiger partial charge in [0, 0.05) is 24.6 Å². The third-order valence-electron chi connectivity index (χ3n) is 3.70. The molecule has 0 fully saturated rings. The number of sulfone groups is 1. The molecule has 0 aliphatic rings. The van der Waals surface area contributed by atoms with Gasteiger partial charge in [0.05, 0.1) is 11.2 Å². The van der Waals surface area contributed by atoms with Crippen LogP contribution in [0.4, 0.5) is 5.69 Å². The largest absolute Gasteiger partial charge is 0.454 e. The molecule has 1 amide bonds. The standard InChI is InChI=1S/C19H18N2O4S/c1-12-8-9-17(16(10-12)20-13(2)22)25-18-11-19(26(3,23)24)21-15-7-5-4-6-14(15)18/h4-11H,1-3H3,(H,20,22). The van der Waals surface area contributed by atoms with E-state index in [0.29, 0.717) is 28.1 Å². The van der Waals surface area contributed by atoms with E-state index < -0.39 is 9.84 Å². The van der Waals surface area contributed by atoms with Crippen molar-refractivity contribution in [2.24, 2.45) is 0 Å². The number of aryl methyl sites for hydroxylation is 1. The van der Waals surface area contributed by atoms with Crippen molar-refractivity contribution in [3.63, 3.8) is 0 Å². The molecule has 1 aromatic heterocycles. The minimum Gasteiger partial charge on any atom is -0.454 e. The summed E-state index contributed by atoms with van der Waals surface area (Å²) in [7, 11) is -3.51. The van der Waals surface area contributed by atoms with Crippen molar-refractivity contribution in [3.05, 3.63) is 54.1 Å². The first-order valence-electron chi connectivity index (χ1n) is 7.90. The maximum absolute atomic E-state index is 12.0. The Bertz CT molecular complexity index is 1110. The molecule has 6 nitrogen and oxygen atoms in total. The zero-order valence-electron chi connectivity index (χ0n) is 14.6. The molecule has 0 atom stereocenters. The summed E-state index contributed by atoms with van der Waals surface area (Å²) in [6, 6.07) is 13.9. The van der Waals surface area contributed by atoms with Crippen LogP contribution in [0.25, 0.3) is 10.9 Å². The summed E-state index contributed by atoms with van der Waals surface area (Å²) >= 11 is 0. The van der Waals surface area contributed by atoms with Gasteiger partial charge in [0.1, 0.15) is 5.75 Å². The van der Waals surface area contributed by atoms with Gasteiger partial charge in [0.15, 0.2) is 20.6 Å². The summed E-state index contributed by atoms with van der Waals surface area (Å²) < 4.78 is 29.9. The lowest BCUT2D eigenvalue weighted by molar-refractivity contribution is -0.114. The second-order valence-electron chi connectivity index (χ2n) is 6.03. The molecule has 1 N–H and O–H groups in total. The highest BCUT2D eigenvalue weighted by Crippen LogP contribution is 2.35. The summed E-state index contributed by atoms with van der Waals surface area (Å²) in [5, 5.41) is 3.33.